The second-order valence-corrected chi connectivity index (χ2v) is 15.3. The van der Waals surface area contributed by atoms with Crippen LogP contribution in [0, 0.1) is 23.2 Å². The van der Waals surface area contributed by atoms with E-state index in [1.165, 1.54) is 55.8 Å². The van der Waals surface area contributed by atoms with Crippen LogP contribution in [0.3, 0.4) is 0 Å². The van der Waals surface area contributed by atoms with Gasteiger partial charge in [0.15, 0.2) is 0 Å². The maximum Gasteiger partial charge on any atom is 0.411 e. The Bertz CT molecular complexity index is 1970. The van der Waals surface area contributed by atoms with Gasteiger partial charge in [0, 0.05) is 30.9 Å². The Balaban J connectivity index is 1.41. The molecule has 3 aliphatic heterocycles. The SMILES string of the molecule is CCCN1CCC(C2CCN(C(=O)OC3(c4cccnc4OCC)C(=O)N(S(=O)(=O)c4ccc(OC)cc4OCC)c4ccc(C#N)cc43)CC2)CC1. The minimum Gasteiger partial charge on any atom is -0.497 e. The average Bonchev–Trinajstić information content (AvgIpc) is 3.42. The van der Waals surface area contributed by atoms with E-state index in [0.29, 0.717) is 35.0 Å². The van der Waals surface area contributed by atoms with E-state index in [2.05, 4.69) is 22.9 Å². The standard InChI is InChI=1S/C39H47N5O8S/c1-5-19-42-20-14-28(15-21-42)29-16-22-43(23-17-29)38(46)52-39(31-9-8-18-41-36(31)51-7-3)32-24-27(26-40)10-12-33(32)44(37(39)45)53(47,48)35-13-11-30(49-4)25-34(35)50-6-2/h8-13,18,24-25,28-29H,5-7,14-17,19-23H2,1-4H3. The van der Waals surface area contributed by atoms with Gasteiger partial charge in [0.1, 0.15) is 16.4 Å². The van der Waals surface area contributed by atoms with Crippen LogP contribution >= 0.6 is 0 Å². The summed E-state index contributed by atoms with van der Waals surface area (Å²) in [5.74, 6) is 0.275. The normalized spacial score (nSPS) is 19.8. The summed E-state index contributed by atoms with van der Waals surface area (Å²) in [5.41, 5.74) is -2.31. The van der Waals surface area contributed by atoms with Gasteiger partial charge in [0.25, 0.3) is 21.5 Å². The third kappa shape index (κ3) is 7.12. The second-order valence-electron chi connectivity index (χ2n) is 13.5. The number of ether oxygens (including phenoxy) is 4. The predicted octanol–water partition coefficient (Wildman–Crippen LogP) is 5.71. The molecule has 1 unspecified atom stereocenters. The van der Waals surface area contributed by atoms with Gasteiger partial charge in [-0.05, 0) is 120 Å². The van der Waals surface area contributed by atoms with E-state index < -0.39 is 27.6 Å². The van der Waals surface area contributed by atoms with Crippen LogP contribution in [0.2, 0.25) is 0 Å². The van der Waals surface area contributed by atoms with Crippen molar-refractivity contribution in [3.05, 3.63) is 71.4 Å². The highest BCUT2D eigenvalue weighted by atomic mass is 32.2. The molecule has 3 aromatic rings. The number of carbonyl (C=O) groups is 2. The lowest BCUT2D eigenvalue weighted by molar-refractivity contribution is -0.132. The number of fused-ring (bicyclic) bond motifs is 1. The summed E-state index contributed by atoms with van der Waals surface area (Å²) in [6.07, 6.45) is 5.67. The average molecular weight is 746 g/mol. The Morgan fingerprint density at radius 3 is 2.28 bits per heavy atom. The zero-order valence-electron chi connectivity index (χ0n) is 30.7. The van der Waals surface area contributed by atoms with Gasteiger partial charge >= 0.3 is 6.09 Å². The van der Waals surface area contributed by atoms with Crippen LogP contribution in [-0.4, -0.2) is 88.2 Å². The summed E-state index contributed by atoms with van der Waals surface area (Å²) >= 11 is 0. The van der Waals surface area contributed by atoms with Gasteiger partial charge in [0.05, 0.1) is 43.2 Å². The molecule has 14 heteroatoms. The number of nitriles is 1. The molecule has 282 valence electrons. The summed E-state index contributed by atoms with van der Waals surface area (Å²) in [6, 6.07) is 13.5. The first-order valence-corrected chi connectivity index (χ1v) is 19.8. The van der Waals surface area contributed by atoms with Crippen molar-refractivity contribution < 1.29 is 37.0 Å². The van der Waals surface area contributed by atoms with Crippen molar-refractivity contribution in [2.75, 3.05) is 57.4 Å². The number of pyridine rings is 1. The fourth-order valence-corrected chi connectivity index (χ4v) is 9.48. The van der Waals surface area contributed by atoms with Crippen LogP contribution in [0.4, 0.5) is 10.5 Å². The Kier molecular flexibility index (Phi) is 11.4. The lowest BCUT2D eigenvalue weighted by Gasteiger charge is -2.40. The van der Waals surface area contributed by atoms with E-state index in [1.807, 2.05) is 0 Å². The highest BCUT2D eigenvalue weighted by Gasteiger charge is 2.61. The Hall–Kier alpha value is -4.87. The van der Waals surface area contributed by atoms with Crippen molar-refractivity contribution in [3.8, 4) is 23.4 Å². The van der Waals surface area contributed by atoms with Crippen molar-refractivity contribution in [1.82, 2.24) is 14.8 Å². The van der Waals surface area contributed by atoms with Crippen molar-refractivity contribution in [2.24, 2.45) is 11.8 Å². The second kappa shape index (κ2) is 16.0. The number of carbonyl (C=O) groups excluding carboxylic acids is 2. The maximum atomic E-state index is 15.2. The first kappa shape index (κ1) is 37.9. The zero-order chi connectivity index (χ0) is 37.8. The minimum atomic E-state index is -4.74. The summed E-state index contributed by atoms with van der Waals surface area (Å²) in [7, 11) is -3.30. The van der Waals surface area contributed by atoms with Crippen LogP contribution in [0.15, 0.2) is 59.6 Å². The smallest absolute Gasteiger partial charge is 0.411 e. The van der Waals surface area contributed by atoms with E-state index in [4.69, 9.17) is 18.9 Å². The van der Waals surface area contributed by atoms with E-state index in [-0.39, 0.29) is 52.1 Å². The number of rotatable bonds is 12. The zero-order valence-corrected chi connectivity index (χ0v) is 31.6. The third-order valence-corrected chi connectivity index (χ3v) is 12.2. The molecule has 0 radical (unpaired) electrons. The fourth-order valence-electron chi connectivity index (χ4n) is 7.90. The van der Waals surface area contributed by atoms with Gasteiger partial charge in [-0.3, -0.25) is 4.79 Å². The van der Waals surface area contributed by atoms with Gasteiger partial charge < -0.3 is 28.7 Å². The number of likely N-dealkylation sites (tertiary alicyclic amines) is 2. The number of benzene rings is 2. The Morgan fingerprint density at radius 1 is 0.943 bits per heavy atom. The summed E-state index contributed by atoms with van der Waals surface area (Å²) < 4.78 is 53.4. The molecule has 2 saturated heterocycles. The molecule has 0 N–H and O–H groups in total. The minimum absolute atomic E-state index is 0.00683. The van der Waals surface area contributed by atoms with Crippen LogP contribution in [-0.2, 0) is 25.2 Å². The highest BCUT2D eigenvalue weighted by Crippen LogP contribution is 2.52. The first-order valence-electron chi connectivity index (χ1n) is 18.4. The topological polar surface area (TPSA) is 152 Å². The summed E-state index contributed by atoms with van der Waals surface area (Å²) in [6.45, 7) is 10.1. The van der Waals surface area contributed by atoms with Gasteiger partial charge in [0.2, 0.25) is 5.88 Å². The van der Waals surface area contributed by atoms with Crippen molar-refractivity contribution >= 4 is 27.7 Å². The van der Waals surface area contributed by atoms with Crippen molar-refractivity contribution in [3.63, 3.8) is 0 Å². The molecule has 0 saturated carbocycles. The molecular weight excluding hydrogens is 699 g/mol. The number of methoxy groups -OCH3 is 1. The number of hydrogen-bond donors (Lipinski definition) is 0. The lowest BCUT2D eigenvalue weighted by atomic mass is 9.79. The number of aromatic nitrogens is 1. The van der Waals surface area contributed by atoms with E-state index in [1.54, 1.807) is 24.8 Å². The van der Waals surface area contributed by atoms with Crippen molar-refractivity contribution in [2.45, 2.75) is 63.4 Å². The van der Waals surface area contributed by atoms with Gasteiger partial charge in [-0.2, -0.15) is 9.57 Å². The van der Waals surface area contributed by atoms with Gasteiger partial charge in [-0.25, -0.2) is 18.2 Å². The summed E-state index contributed by atoms with van der Waals surface area (Å²) in [5, 5.41) is 9.97. The monoisotopic (exact) mass is 745 g/mol. The van der Waals surface area contributed by atoms with Crippen molar-refractivity contribution in [1.29, 1.82) is 5.26 Å². The molecular formula is C39H47N5O8S. The first-order chi connectivity index (χ1) is 25.6. The molecule has 13 nitrogen and oxygen atoms in total. The van der Waals surface area contributed by atoms with Crippen LogP contribution < -0.4 is 18.5 Å². The van der Waals surface area contributed by atoms with Crippen LogP contribution in [0.25, 0.3) is 0 Å². The largest absolute Gasteiger partial charge is 0.497 e. The molecule has 4 heterocycles. The number of hydrogen-bond acceptors (Lipinski definition) is 11. The molecule has 53 heavy (non-hydrogen) atoms. The molecule has 2 fully saturated rings. The fraction of sp³-hybridized carbons (Fsp3) is 0.487. The quantitative estimate of drug-likeness (QED) is 0.224. The molecule has 1 atom stereocenters. The molecule has 3 aliphatic rings. The lowest BCUT2D eigenvalue weighted by Crippen LogP contribution is -2.50. The van der Waals surface area contributed by atoms with E-state index in [0.717, 1.165) is 51.7 Å². The van der Waals surface area contributed by atoms with Gasteiger partial charge in [-0.1, -0.05) is 6.92 Å². The molecule has 1 aromatic heterocycles. The van der Waals surface area contributed by atoms with Crippen LogP contribution in [0.5, 0.6) is 17.4 Å². The number of nitrogens with zero attached hydrogens (tertiary/aromatic N) is 5. The highest BCUT2D eigenvalue weighted by molar-refractivity contribution is 7.93. The molecule has 0 bridgehead atoms. The molecule has 0 aliphatic carbocycles. The number of piperidine rings is 2. The Labute approximate surface area is 311 Å². The number of sulfonamides is 1. The third-order valence-electron chi connectivity index (χ3n) is 10.5. The number of anilines is 1. The molecule has 2 amide bonds. The molecule has 6 rings (SSSR count). The number of amides is 2. The van der Waals surface area contributed by atoms with E-state index in [9.17, 15) is 18.5 Å². The van der Waals surface area contributed by atoms with Gasteiger partial charge in [-0.15, -0.1) is 0 Å². The molecule has 2 aromatic carbocycles. The maximum absolute atomic E-state index is 15.2. The summed E-state index contributed by atoms with van der Waals surface area (Å²) in [4.78, 5) is 37.7. The van der Waals surface area contributed by atoms with Crippen LogP contribution in [0.1, 0.15) is 69.6 Å². The molecule has 0 spiro atoms. The Morgan fingerprint density at radius 2 is 1.64 bits per heavy atom. The van der Waals surface area contributed by atoms with E-state index >= 15 is 4.79 Å². The predicted molar refractivity (Wildman–Crippen MR) is 196 cm³/mol.